The largest absolute Gasteiger partial charge is 0.497 e. The number of thioether (sulfide) groups is 1. The summed E-state index contributed by atoms with van der Waals surface area (Å²) in [5.41, 5.74) is 6.48. The number of hydrogen-bond donors (Lipinski definition) is 2. The molecule has 8 heteroatoms. The van der Waals surface area contributed by atoms with Crippen LogP contribution in [0.25, 0.3) is 0 Å². The van der Waals surface area contributed by atoms with Crippen molar-refractivity contribution in [3.8, 4) is 11.8 Å². The molecule has 112 valence electrons. The minimum absolute atomic E-state index is 0.107. The van der Waals surface area contributed by atoms with Gasteiger partial charge in [-0.1, -0.05) is 11.8 Å². The van der Waals surface area contributed by atoms with E-state index < -0.39 is 0 Å². The van der Waals surface area contributed by atoms with E-state index in [9.17, 15) is 4.79 Å². The second-order valence-corrected chi connectivity index (χ2v) is 5.07. The van der Waals surface area contributed by atoms with Crippen molar-refractivity contribution in [2.24, 2.45) is 0 Å². The predicted molar refractivity (Wildman–Crippen MR) is 83.5 cm³/mol. The number of benzene rings is 1. The minimum Gasteiger partial charge on any atom is -0.497 e. The Morgan fingerprint density at radius 1 is 1.45 bits per heavy atom. The number of anilines is 2. The van der Waals surface area contributed by atoms with E-state index in [0.29, 0.717) is 16.6 Å². The molecule has 1 heterocycles. The molecule has 0 unspecified atom stereocenters. The maximum absolute atomic E-state index is 11.8. The van der Waals surface area contributed by atoms with Crippen molar-refractivity contribution >= 4 is 29.2 Å². The SMILES string of the molecule is COc1ccc(NC(=O)CSc2ncc(C#N)c(N)n2)cc1. The normalized spacial score (nSPS) is 9.82. The van der Waals surface area contributed by atoms with Crippen LogP contribution in [0.2, 0.25) is 0 Å². The molecule has 1 aromatic heterocycles. The van der Waals surface area contributed by atoms with Gasteiger partial charge in [-0.2, -0.15) is 5.26 Å². The van der Waals surface area contributed by atoms with Crippen LogP contribution in [0.3, 0.4) is 0 Å². The maximum atomic E-state index is 11.8. The molecule has 0 aliphatic heterocycles. The molecule has 1 aromatic carbocycles. The molecule has 0 bridgehead atoms. The smallest absolute Gasteiger partial charge is 0.234 e. The van der Waals surface area contributed by atoms with Crippen molar-refractivity contribution in [3.63, 3.8) is 0 Å². The molecule has 2 rings (SSSR count). The van der Waals surface area contributed by atoms with Crippen LogP contribution in [0.1, 0.15) is 5.56 Å². The number of nitrogens with one attached hydrogen (secondary N) is 1. The Kier molecular flexibility index (Phi) is 5.16. The number of ether oxygens (including phenoxy) is 1. The van der Waals surface area contributed by atoms with Gasteiger partial charge in [0, 0.05) is 5.69 Å². The minimum atomic E-state index is -0.193. The predicted octanol–water partition coefficient (Wildman–Crippen LogP) is 1.67. The summed E-state index contributed by atoms with van der Waals surface area (Å²) in [4.78, 5) is 19.8. The highest BCUT2D eigenvalue weighted by atomic mass is 32.2. The van der Waals surface area contributed by atoms with Crippen LogP contribution in [0.15, 0.2) is 35.6 Å². The maximum Gasteiger partial charge on any atom is 0.234 e. The molecular weight excluding hydrogens is 302 g/mol. The first-order chi connectivity index (χ1) is 10.6. The van der Waals surface area contributed by atoms with Crippen LogP contribution >= 0.6 is 11.8 Å². The molecule has 0 saturated heterocycles. The Hall–Kier alpha value is -2.79. The van der Waals surface area contributed by atoms with E-state index in [1.54, 1.807) is 31.4 Å². The Morgan fingerprint density at radius 2 is 2.18 bits per heavy atom. The summed E-state index contributed by atoms with van der Waals surface area (Å²) in [5, 5.41) is 11.8. The van der Waals surface area contributed by atoms with Gasteiger partial charge >= 0.3 is 0 Å². The lowest BCUT2D eigenvalue weighted by molar-refractivity contribution is -0.113. The van der Waals surface area contributed by atoms with Crippen LogP contribution in [-0.2, 0) is 4.79 Å². The van der Waals surface area contributed by atoms with Crippen molar-refractivity contribution in [1.29, 1.82) is 5.26 Å². The molecule has 0 radical (unpaired) electrons. The highest BCUT2D eigenvalue weighted by Crippen LogP contribution is 2.18. The van der Waals surface area contributed by atoms with Gasteiger partial charge in [0.05, 0.1) is 19.1 Å². The Balaban J connectivity index is 1.89. The third-order valence-corrected chi connectivity index (χ3v) is 3.48. The first-order valence-electron chi connectivity index (χ1n) is 6.21. The van der Waals surface area contributed by atoms with Crippen molar-refractivity contribution in [2.45, 2.75) is 5.16 Å². The number of nitrogens with zero attached hydrogens (tertiary/aromatic N) is 3. The highest BCUT2D eigenvalue weighted by molar-refractivity contribution is 7.99. The molecular formula is C14H13N5O2S. The molecule has 7 nitrogen and oxygen atoms in total. The summed E-state index contributed by atoms with van der Waals surface area (Å²) in [7, 11) is 1.58. The van der Waals surface area contributed by atoms with Gasteiger partial charge in [-0.05, 0) is 24.3 Å². The highest BCUT2D eigenvalue weighted by Gasteiger charge is 2.08. The molecule has 22 heavy (non-hydrogen) atoms. The molecule has 0 saturated carbocycles. The van der Waals surface area contributed by atoms with Gasteiger partial charge in [-0.3, -0.25) is 4.79 Å². The summed E-state index contributed by atoms with van der Waals surface area (Å²) in [6, 6.07) is 8.89. The zero-order chi connectivity index (χ0) is 15.9. The summed E-state index contributed by atoms with van der Waals surface area (Å²) in [5.74, 6) is 0.767. The fourth-order valence-corrected chi connectivity index (χ4v) is 2.16. The van der Waals surface area contributed by atoms with Gasteiger partial charge in [-0.15, -0.1) is 0 Å². The Morgan fingerprint density at radius 3 is 2.77 bits per heavy atom. The van der Waals surface area contributed by atoms with E-state index in [4.69, 9.17) is 15.7 Å². The van der Waals surface area contributed by atoms with Crippen LogP contribution in [0, 0.1) is 11.3 Å². The second-order valence-electron chi connectivity index (χ2n) is 4.13. The monoisotopic (exact) mass is 315 g/mol. The zero-order valence-corrected chi connectivity index (χ0v) is 12.6. The molecule has 0 aliphatic rings. The average molecular weight is 315 g/mol. The lowest BCUT2D eigenvalue weighted by Gasteiger charge is -2.06. The number of nitrogens with two attached hydrogens (primary N) is 1. The molecule has 0 aliphatic carbocycles. The molecule has 1 amide bonds. The zero-order valence-electron chi connectivity index (χ0n) is 11.7. The van der Waals surface area contributed by atoms with Gasteiger partial charge in [0.15, 0.2) is 5.16 Å². The van der Waals surface area contributed by atoms with E-state index in [0.717, 1.165) is 11.8 Å². The first-order valence-corrected chi connectivity index (χ1v) is 7.20. The van der Waals surface area contributed by atoms with Crippen molar-refractivity contribution < 1.29 is 9.53 Å². The van der Waals surface area contributed by atoms with E-state index in [-0.39, 0.29) is 23.0 Å². The van der Waals surface area contributed by atoms with Gasteiger partial charge in [0.25, 0.3) is 0 Å². The summed E-state index contributed by atoms with van der Waals surface area (Å²) >= 11 is 1.14. The van der Waals surface area contributed by atoms with Crippen molar-refractivity contribution in [3.05, 3.63) is 36.0 Å². The number of carbonyl (C=O) groups excluding carboxylic acids is 1. The van der Waals surface area contributed by atoms with Gasteiger partial charge < -0.3 is 15.8 Å². The summed E-state index contributed by atoms with van der Waals surface area (Å²) < 4.78 is 5.04. The number of nitrogen functional groups attached to an aromatic ring is 1. The Bertz CT molecular complexity index is 712. The first kappa shape index (κ1) is 15.6. The van der Waals surface area contributed by atoms with E-state index in [1.807, 2.05) is 6.07 Å². The summed E-state index contributed by atoms with van der Waals surface area (Å²) in [6.07, 6.45) is 1.34. The van der Waals surface area contributed by atoms with Gasteiger partial charge in [0.2, 0.25) is 5.91 Å². The van der Waals surface area contributed by atoms with Gasteiger partial charge in [0.1, 0.15) is 23.2 Å². The third kappa shape index (κ3) is 4.10. The van der Waals surface area contributed by atoms with Crippen LogP contribution in [0.4, 0.5) is 11.5 Å². The van der Waals surface area contributed by atoms with Crippen LogP contribution < -0.4 is 15.8 Å². The molecule has 2 aromatic rings. The Labute approximate surface area is 131 Å². The molecule has 0 atom stereocenters. The number of hydrogen-bond acceptors (Lipinski definition) is 7. The molecule has 3 N–H and O–H groups in total. The standard InChI is InChI=1S/C14H13N5O2S/c1-21-11-4-2-10(3-5-11)18-12(20)8-22-14-17-7-9(6-15)13(16)19-14/h2-5,7H,8H2,1H3,(H,18,20)(H2,16,17,19). The van der Waals surface area contributed by atoms with Crippen LogP contribution in [-0.4, -0.2) is 28.7 Å². The van der Waals surface area contributed by atoms with E-state index in [1.165, 1.54) is 6.20 Å². The molecule has 0 spiro atoms. The van der Waals surface area contributed by atoms with E-state index >= 15 is 0 Å². The van der Waals surface area contributed by atoms with Crippen molar-refractivity contribution in [1.82, 2.24) is 9.97 Å². The number of methoxy groups -OCH3 is 1. The lowest BCUT2D eigenvalue weighted by atomic mass is 10.3. The fourth-order valence-electron chi connectivity index (χ4n) is 1.54. The molecule has 0 fully saturated rings. The number of rotatable bonds is 5. The second kappa shape index (κ2) is 7.28. The number of carbonyl (C=O) groups is 1. The quantitative estimate of drug-likeness (QED) is 0.637. The topological polar surface area (TPSA) is 114 Å². The van der Waals surface area contributed by atoms with Gasteiger partial charge in [-0.25, -0.2) is 9.97 Å². The average Bonchev–Trinajstić information content (AvgIpc) is 2.54. The number of nitriles is 1. The number of aromatic nitrogens is 2. The summed E-state index contributed by atoms with van der Waals surface area (Å²) in [6.45, 7) is 0. The van der Waals surface area contributed by atoms with Crippen molar-refractivity contribution in [2.75, 3.05) is 23.9 Å². The lowest BCUT2D eigenvalue weighted by Crippen LogP contribution is -2.14. The fraction of sp³-hybridized carbons (Fsp3) is 0.143. The van der Waals surface area contributed by atoms with E-state index in [2.05, 4.69) is 15.3 Å². The van der Waals surface area contributed by atoms with Crippen LogP contribution in [0.5, 0.6) is 5.75 Å². The third-order valence-electron chi connectivity index (χ3n) is 2.62. The number of amides is 1.